The predicted octanol–water partition coefficient (Wildman–Crippen LogP) is 1.49. The second kappa shape index (κ2) is 2.65. The number of carboxylic acids is 1. The minimum atomic E-state index is -1.34. The fraction of sp³-hybridized carbons (Fsp3) is 0.222. The van der Waals surface area contributed by atoms with E-state index in [1.807, 2.05) is 0 Å². The Morgan fingerprint density at radius 1 is 1.62 bits per heavy atom. The van der Waals surface area contributed by atoms with E-state index in [0.29, 0.717) is 12.2 Å². The van der Waals surface area contributed by atoms with Gasteiger partial charge in [0.25, 0.3) is 5.60 Å². The van der Waals surface area contributed by atoms with Crippen LogP contribution in [-0.4, -0.2) is 11.1 Å². The molecule has 1 atom stereocenters. The Kier molecular flexibility index (Phi) is 1.62. The summed E-state index contributed by atoms with van der Waals surface area (Å²) < 4.78 is 10.1. The van der Waals surface area contributed by atoms with E-state index >= 15 is 0 Å². The van der Waals surface area contributed by atoms with Gasteiger partial charge in [0.15, 0.2) is 5.76 Å². The fourth-order valence-corrected chi connectivity index (χ4v) is 1.34. The van der Waals surface area contributed by atoms with Crippen LogP contribution in [0.4, 0.5) is 0 Å². The summed E-state index contributed by atoms with van der Waals surface area (Å²) in [4.78, 5) is 11.0. The largest absolute Gasteiger partial charge is 0.478 e. The summed E-state index contributed by atoms with van der Waals surface area (Å²) in [6.07, 6.45) is 4.78. The van der Waals surface area contributed by atoms with Crippen LogP contribution in [0.5, 0.6) is 0 Å². The van der Waals surface area contributed by atoms with Crippen molar-refractivity contribution in [2.24, 2.45) is 0 Å². The Bertz CT molecular complexity index is 329. The van der Waals surface area contributed by atoms with Gasteiger partial charge in [0.05, 0.1) is 12.5 Å². The van der Waals surface area contributed by atoms with Crippen LogP contribution in [0.2, 0.25) is 0 Å². The normalized spacial score (nSPS) is 25.8. The summed E-state index contributed by atoms with van der Waals surface area (Å²) in [6, 6.07) is 3.24. The average molecular weight is 180 g/mol. The molecule has 1 aromatic heterocycles. The molecule has 13 heavy (non-hydrogen) atoms. The fourth-order valence-electron chi connectivity index (χ4n) is 1.34. The Morgan fingerprint density at radius 2 is 2.46 bits per heavy atom. The lowest BCUT2D eigenvalue weighted by atomic mass is 9.98. The van der Waals surface area contributed by atoms with E-state index < -0.39 is 11.6 Å². The highest BCUT2D eigenvalue weighted by Crippen LogP contribution is 2.34. The molecule has 0 aliphatic carbocycles. The second-order valence-corrected chi connectivity index (χ2v) is 2.80. The number of furan rings is 1. The van der Waals surface area contributed by atoms with E-state index in [0.717, 1.165) is 0 Å². The lowest BCUT2D eigenvalue weighted by Gasteiger charge is -2.20. The zero-order chi connectivity index (χ0) is 9.31. The molecule has 0 aromatic carbocycles. The standard InChI is InChI=1S/C9H8O4/c10-8(11)9(4-2-6-13-9)7-3-1-5-12-7/h1-3,5-6H,4H2,(H,10,11). The van der Waals surface area contributed by atoms with Crippen LogP contribution in [0.1, 0.15) is 12.2 Å². The summed E-state index contributed by atoms with van der Waals surface area (Å²) in [5, 5.41) is 9.01. The van der Waals surface area contributed by atoms with E-state index in [1.165, 1.54) is 12.5 Å². The Morgan fingerprint density at radius 3 is 2.92 bits per heavy atom. The second-order valence-electron chi connectivity index (χ2n) is 2.80. The Balaban J connectivity index is 2.41. The van der Waals surface area contributed by atoms with Crippen molar-refractivity contribution in [1.29, 1.82) is 0 Å². The lowest BCUT2D eigenvalue weighted by molar-refractivity contribution is -0.160. The predicted molar refractivity (Wildman–Crippen MR) is 42.9 cm³/mol. The molecule has 0 bridgehead atoms. The molecule has 0 saturated carbocycles. The average Bonchev–Trinajstić information content (AvgIpc) is 2.75. The van der Waals surface area contributed by atoms with Gasteiger partial charge >= 0.3 is 5.97 Å². The molecule has 1 N–H and O–H groups in total. The van der Waals surface area contributed by atoms with Gasteiger partial charge in [-0.2, -0.15) is 0 Å². The van der Waals surface area contributed by atoms with Gasteiger partial charge < -0.3 is 14.3 Å². The van der Waals surface area contributed by atoms with Crippen molar-refractivity contribution in [2.75, 3.05) is 0 Å². The molecular formula is C9H8O4. The molecule has 4 heteroatoms. The molecule has 2 rings (SSSR count). The monoisotopic (exact) mass is 180 g/mol. The number of hydrogen-bond acceptors (Lipinski definition) is 3. The molecule has 1 unspecified atom stereocenters. The van der Waals surface area contributed by atoms with Crippen LogP contribution in [0.3, 0.4) is 0 Å². The van der Waals surface area contributed by atoms with Gasteiger partial charge in [-0.3, -0.25) is 0 Å². The Labute approximate surface area is 74.4 Å². The maximum atomic E-state index is 11.0. The smallest absolute Gasteiger partial charge is 0.356 e. The molecule has 1 aliphatic rings. The molecule has 0 amide bonds. The summed E-state index contributed by atoms with van der Waals surface area (Å²) in [5.74, 6) is -0.711. The first-order chi connectivity index (χ1) is 6.26. The zero-order valence-corrected chi connectivity index (χ0v) is 6.77. The van der Waals surface area contributed by atoms with Crippen molar-refractivity contribution in [3.05, 3.63) is 36.5 Å². The minimum absolute atomic E-state index is 0.301. The topological polar surface area (TPSA) is 59.7 Å². The van der Waals surface area contributed by atoms with E-state index in [4.69, 9.17) is 14.3 Å². The first-order valence-corrected chi connectivity index (χ1v) is 3.86. The van der Waals surface area contributed by atoms with Crippen molar-refractivity contribution < 1.29 is 19.1 Å². The lowest BCUT2D eigenvalue weighted by Crippen LogP contribution is -2.34. The number of ether oxygens (including phenoxy) is 1. The summed E-state index contributed by atoms with van der Waals surface area (Å²) in [5.41, 5.74) is -1.34. The van der Waals surface area contributed by atoms with Crippen LogP contribution in [0.25, 0.3) is 0 Å². The molecule has 0 saturated heterocycles. The number of aliphatic carboxylic acids is 1. The maximum Gasteiger partial charge on any atom is 0.356 e. The highest BCUT2D eigenvalue weighted by atomic mass is 16.5. The van der Waals surface area contributed by atoms with Crippen LogP contribution in [0, 0.1) is 0 Å². The van der Waals surface area contributed by atoms with Gasteiger partial charge in [0, 0.05) is 6.42 Å². The van der Waals surface area contributed by atoms with Crippen molar-refractivity contribution in [1.82, 2.24) is 0 Å². The highest BCUT2D eigenvalue weighted by Gasteiger charge is 2.46. The molecule has 4 nitrogen and oxygen atoms in total. The highest BCUT2D eigenvalue weighted by molar-refractivity contribution is 5.79. The van der Waals surface area contributed by atoms with E-state index in [9.17, 15) is 4.79 Å². The molecule has 0 spiro atoms. The Hall–Kier alpha value is -1.71. The minimum Gasteiger partial charge on any atom is -0.478 e. The summed E-state index contributed by atoms with van der Waals surface area (Å²) in [6.45, 7) is 0. The molecule has 1 aliphatic heterocycles. The van der Waals surface area contributed by atoms with Crippen LogP contribution in [0.15, 0.2) is 35.2 Å². The van der Waals surface area contributed by atoms with Crippen molar-refractivity contribution >= 4 is 5.97 Å². The zero-order valence-electron chi connectivity index (χ0n) is 6.77. The number of carbonyl (C=O) groups is 1. The van der Waals surface area contributed by atoms with Gasteiger partial charge in [0.1, 0.15) is 0 Å². The van der Waals surface area contributed by atoms with E-state index in [-0.39, 0.29) is 0 Å². The van der Waals surface area contributed by atoms with Crippen LogP contribution < -0.4 is 0 Å². The summed E-state index contributed by atoms with van der Waals surface area (Å²) >= 11 is 0. The summed E-state index contributed by atoms with van der Waals surface area (Å²) in [7, 11) is 0. The van der Waals surface area contributed by atoms with E-state index in [2.05, 4.69) is 0 Å². The van der Waals surface area contributed by atoms with Crippen LogP contribution >= 0.6 is 0 Å². The number of rotatable bonds is 2. The third-order valence-corrected chi connectivity index (χ3v) is 2.04. The van der Waals surface area contributed by atoms with Gasteiger partial charge in [-0.1, -0.05) is 0 Å². The van der Waals surface area contributed by atoms with Gasteiger partial charge in [0.2, 0.25) is 0 Å². The first kappa shape index (κ1) is 7.91. The number of hydrogen-bond donors (Lipinski definition) is 1. The molecule has 0 radical (unpaired) electrons. The third-order valence-electron chi connectivity index (χ3n) is 2.04. The number of carboxylic acid groups (broad SMARTS) is 1. The van der Waals surface area contributed by atoms with Gasteiger partial charge in [-0.25, -0.2) is 4.79 Å². The molecule has 68 valence electrons. The first-order valence-electron chi connectivity index (χ1n) is 3.86. The van der Waals surface area contributed by atoms with Gasteiger partial charge in [-0.05, 0) is 18.2 Å². The third kappa shape index (κ3) is 1.02. The van der Waals surface area contributed by atoms with Gasteiger partial charge in [-0.15, -0.1) is 0 Å². The van der Waals surface area contributed by atoms with Crippen molar-refractivity contribution in [3.8, 4) is 0 Å². The maximum absolute atomic E-state index is 11.0. The van der Waals surface area contributed by atoms with Crippen LogP contribution in [-0.2, 0) is 15.1 Å². The quantitative estimate of drug-likeness (QED) is 0.749. The van der Waals surface area contributed by atoms with Crippen molar-refractivity contribution in [2.45, 2.75) is 12.0 Å². The molecule has 0 fully saturated rings. The molecule has 1 aromatic rings. The van der Waals surface area contributed by atoms with E-state index in [1.54, 1.807) is 18.2 Å². The van der Waals surface area contributed by atoms with Crippen molar-refractivity contribution in [3.63, 3.8) is 0 Å². The SMILES string of the molecule is O=C(O)C1(c2ccco2)CC=CO1. The molecule has 2 heterocycles. The molecular weight excluding hydrogens is 172 g/mol.